The van der Waals surface area contributed by atoms with E-state index in [-0.39, 0.29) is 5.91 Å². The van der Waals surface area contributed by atoms with Crippen LogP contribution in [-0.2, 0) is 6.61 Å². The van der Waals surface area contributed by atoms with Gasteiger partial charge in [0.25, 0.3) is 5.91 Å². The van der Waals surface area contributed by atoms with E-state index in [0.717, 1.165) is 16.8 Å². The van der Waals surface area contributed by atoms with Gasteiger partial charge in [-0.1, -0.05) is 36.4 Å². The molecule has 0 aliphatic heterocycles. The number of benzene rings is 2. The van der Waals surface area contributed by atoms with Gasteiger partial charge in [-0.25, -0.2) is 4.98 Å². The smallest absolute Gasteiger partial charge is 0.257 e. The third-order valence-corrected chi connectivity index (χ3v) is 4.78. The fourth-order valence-corrected chi connectivity index (χ4v) is 3.33. The first-order valence-electron chi connectivity index (χ1n) is 8.72. The number of carbonyl (C=O) groups excluding carboxylic acids is 1. The van der Waals surface area contributed by atoms with Gasteiger partial charge in [-0.05, 0) is 35.9 Å². The maximum absolute atomic E-state index is 12.6. The highest BCUT2D eigenvalue weighted by molar-refractivity contribution is 7.14. The molecule has 1 N–H and O–H groups in total. The molecule has 0 unspecified atom stereocenters. The van der Waals surface area contributed by atoms with Crippen LogP contribution >= 0.6 is 11.3 Å². The molecule has 0 aliphatic carbocycles. The Morgan fingerprint density at radius 3 is 2.75 bits per heavy atom. The van der Waals surface area contributed by atoms with Gasteiger partial charge in [0.15, 0.2) is 5.13 Å². The van der Waals surface area contributed by atoms with Crippen LogP contribution in [0.25, 0.3) is 11.3 Å². The van der Waals surface area contributed by atoms with Crippen LogP contribution in [-0.4, -0.2) is 15.9 Å². The van der Waals surface area contributed by atoms with Crippen molar-refractivity contribution in [1.82, 2.24) is 9.97 Å². The zero-order valence-electron chi connectivity index (χ0n) is 14.9. The van der Waals surface area contributed by atoms with Crippen molar-refractivity contribution in [3.05, 3.63) is 95.6 Å². The molecule has 0 spiro atoms. The highest BCUT2D eigenvalue weighted by atomic mass is 32.1. The second kappa shape index (κ2) is 8.45. The molecule has 0 saturated heterocycles. The van der Waals surface area contributed by atoms with Crippen LogP contribution in [0.2, 0.25) is 0 Å². The van der Waals surface area contributed by atoms with E-state index in [4.69, 9.17) is 4.74 Å². The van der Waals surface area contributed by atoms with Gasteiger partial charge in [0, 0.05) is 28.9 Å². The molecule has 0 fully saturated rings. The third kappa shape index (κ3) is 4.42. The predicted octanol–water partition coefficient (Wildman–Crippen LogP) is 5.04. The highest BCUT2D eigenvalue weighted by Gasteiger charge is 2.11. The molecular formula is C22H17N3O2S. The number of hydrogen-bond donors (Lipinski definition) is 1. The van der Waals surface area contributed by atoms with Gasteiger partial charge >= 0.3 is 0 Å². The number of amides is 1. The molecule has 4 rings (SSSR count). The molecule has 1 amide bonds. The first-order chi connectivity index (χ1) is 13.8. The van der Waals surface area contributed by atoms with Crippen LogP contribution in [0.15, 0.2) is 84.5 Å². The Kier molecular flexibility index (Phi) is 5.40. The van der Waals surface area contributed by atoms with Crippen LogP contribution in [0.3, 0.4) is 0 Å². The minimum Gasteiger partial charge on any atom is -0.489 e. The number of carbonyl (C=O) groups is 1. The summed E-state index contributed by atoms with van der Waals surface area (Å²) < 4.78 is 5.80. The first-order valence-corrected chi connectivity index (χ1v) is 9.60. The molecule has 2 heterocycles. The van der Waals surface area contributed by atoms with Crippen molar-refractivity contribution < 1.29 is 9.53 Å². The summed E-state index contributed by atoms with van der Waals surface area (Å²) in [5, 5.41) is 5.28. The number of thiazole rings is 1. The molecule has 2 aromatic carbocycles. The van der Waals surface area contributed by atoms with E-state index < -0.39 is 0 Å². The zero-order valence-corrected chi connectivity index (χ0v) is 15.7. The molecule has 28 heavy (non-hydrogen) atoms. The van der Waals surface area contributed by atoms with Gasteiger partial charge in [-0.3, -0.25) is 15.1 Å². The van der Waals surface area contributed by atoms with Gasteiger partial charge in [-0.2, -0.15) is 0 Å². The molecule has 0 atom stereocenters. The lowest BCUT2D eigenvalue weighted by Gasteiger charge is -2.08. The molecule has 0 saturated carbocycles. The lowest BCUT2D eigenvalue weighted by atomic mass is 10.2. The zero-order chi connectivity index (χ0) is 19.2. The lowest BCUT2D eigenvalue weighted by Crippen LogP contribution is -2.11. The van der Waals surface area contributed by atoms with Gasteiger partial charge in [0.05, 0.1) is 5.69 Å². The number of hydrogen-bond acceptors (Lipinski definition) is 5. The van der Waals surface area contributed by atoms with Crippen molar-refractivity contribution in [2.45, 2.75) is 6.61 Å². The minimum atomic E-state index is -0.225. The van der Waals surface area contributed by atoms with Crippen molar-refractivity contribution in [2.24, 2.45) is 0 Å². The molecule has 6 heteroatoms. The molecule has 138 valence electrons. The fraction of sp³-hybridized carbons (Fsp3) is 0.0455. The second-order valence-electron chi connectivity index (χ2n) is 6.04. The molecular weight excluding hydrogens is 370 g/mol. The number of pyridine rings is 1. The molecule has 5 nitrogen and oxygen atoms in total. The van der Waals surface area contributed by atoms with Crippen molar-refractivity contribution in [1.29, 1.82) is 0 Å². The Balaban J connectivity index is 1.42. The van der Waals surface area contributed by atoms with Crippen molar-refractivity contribution in [3.63, 3.8) is 0 Å². The Hall–Kier alpha value is -3.51. The normalized spacial score (nSPS) is 10.4. The predicted molar refractivity (Wildman–Crippen MR) is 111 cm³/mol. The Morgan fingerprint density at radius 1 is 1.04 bits per heavy atom. The number of nitrogens with zero attached hydrogens (tertiary/aromatic N) is 2. The number of anilines is 1. The van der Waals surface area contributed by atoms with Gasteiger partial charge in [0.2, 0.25) is 0 Å². The van der Waals surface area contributed by atoms with E-state index >= 15 is 0 Å². The van der Waals surface area contributed by atoms with E-state index in [1.807, 2.05) is 53.9 Å². The quantitative estimate of drug-likeness (QED) is 0.504. The summed E-state index contributed by atoms with van der Waals surface area (Å²) in [5.74, 6) is 0.420. The summed E-state index contributed by atoms with van der Waals surface area (Å²) in [7, 11) is 0. The van der Waals surface area contributed by atoms with E-state index in [0.29, 0.717) is 23.1 Å². The van der Waals surface area contributed by atoms with Crippen LogP contribution < -0.4 is 10.1 Å². The Labute approximate surface area is 166 Å². The molecule has 0 bridgehead atoms. The molecule has 0 aliphatic rings. The van der Waals surface area contributed by atoms with Crippen LogP contribution in [0.1, 0.15) is 15.9 Å². The van der Waals surface area contributed by atoms with Crippen LogP contribution in [0.5, 0.6) is 5.75 Å². The number of ether oxygens (including phenoxy) is 1. The van der Waals surface area contributed by atoms with E-state index in [1.54, 1.807) is 30.6 Å². The summed E-state index contributed by atoms with van der Waals surface area (Å²) in [4.78, 5) is 21.1. The second-order valence-corrected chi connectivity index (χ2v) is 6.89. The molecule has 2 aromatic heterocycles. The maximum atomic E-state index is 12.6. The van der Waals surface area contributed by atoms with E-state index in [2.05, 4.69) is 15.3 Å². The average molecular weight is 387 g/mol. The van der Waals surface area contributed by atoms with Crippen molar-refractivity contribution in [3.8, 4) is 17.0 Å². The van der Waals surface area contributed by atoms with E-state index in [1.165, 1.54) is 11.3 Å². The number of aromatic nitrogens is 2. The van der Waals surface area contributed by atoms with Gasteiger partial charge in [0.1, 0.15) is 12.4 Å². The topological polar surface area (TPSA) is 64.1 Å². The first kappa shape index (κ1) is 17.9. The minimum absolute atomic E-state index is 0.225. The van der Waals surface area contributed by atoms with Crippen molar-refractivity contribution >= 4 is 22.4 Å². The summed E-state index contributed by atoms with van der Waals surface area (Å²) in [6, 6.07) is 20.8. The monoisotopic (exact) mass is 387 g/mol. The van der Waals surface area contributed by atoms with Gasteiger partial charge < -0.3 is 4.74 Å². The largest absolute Gasteiger partial charge is 0.489 e. The third-order valence-electron chi connectivity index (χ3n) is 4.03. The fourth-order valence-electron chi connectivity index (χ4n) is 2.62. The van der Waals surface area contributed by atoms with Gasteiger partial charge in [-0.15, -0.1) is 11.3 Å². The van der Waals surface area contributed by atoms with Crippen LogP contribution in [0, 0.1) is 0 Å². The summed E-state index contributed by atoms with van der Waals surface area (Å²) in [6.45, 7) is 0.451. The maximum Gasteiger partial charge on any atom is 0.257 e. The lowest BCUT2D eigenvalue weighted by molar-refractivity contribution is 0.102. The summed E-state index contributed by atoms with van der Waals surface area (Å²) in [6.07, 6.45) is 3.46. The SMILES string of the molecule is O=C(Nc1nc(-c2cccnc2)cs1)c1cccc(OCc2ccccc2)c1. The van der Waals surface area contributed by atoms with Crippen LogP contribution in [0.4, 0.5) is 5.13 Å². The highest BCUT2D eigenvalue weighted by Crippen LogP contribution is 2.25. The number of nitrogens with one attached hydrogen (secondary N) is 1. The summed E-state index contributed by atoms with van der Waals surface area (Å²) >= 11 is 1.38. The standard InChI is InChI=1S/C22H17N3O2S/c26-21(25-22-24-20(15-28-22)18-9-5-11-23-13-18)17-8-4-10-19(12-17)27-14-16-6-2-1-3-7-16/h1-13,15H,14H2,(H,24,25,26). The Bertz CT molecular complexity index is 1070. The average Bonchev–Trinajstić information content (AvgIpc) is 3.22. The Morgan fingerprint density at radius 2 is 1.93 bits per heavy atom. The van der Waals surface area contributed by atoms with Crippen molar-refractivity contribution in [2.75, 3.05) is 5.32 Å². The summed E-state index contributed by atoms with van der Waals surface area (Å²) in [5.41, 5.74) is 3.29. The number of rotatable bonds is 6. The molecule has 0 radical (unpaired) electrons. The van der Waals surface area contributed by atoms with E-state index in [9.17, 15) is 4.79 Å². The molecule has 4 aromatic rings.